The topological polar surface area (TPSA) is 30.5 Å². The van der Waals surface area contributed by atoms with Crippen LogP contribution in [-0.2, 0) is 9.47 Å². The number of hydrogen-bond acceptors (Lipinski definition) is 3. The highest BCUT2D eigenvalue weighted by atomic mass is 16.5. The van der Waals surface area contributed by atoms with Crippen LogP contribution in [-0.4, -0.2) is 39.0 Å². The predicted octanol–water partition coefficient (Wildman–Crippen LogP) is 3.09. The van der Waals surface area contributed by atoms with Gasteiger partial charge in [0.15, 0.2) is 0 Å². The molecule has 0 heterocycles. The Morgan fingerprint density at radius 2 is 1.84 bits per heavy atom. The van der Waals surface area contributed by atoms with Crippen molar-refractivity contribution >= 4 is 0 Å². The molecule has 0 bridgehead atoms. The minimum absolute atomic E-state index is 0.355. The van der Waals surface area contributed by atoms with Crippen molar-refractivity contribution in [3.05, 3.63) is 0 Å². The van der Waals surface area contributed by atoms with Crippen molar-refractivity contribution in [3.8, 4) is 0 Å². The summed E-state index contributed by atoms with van der Waals surface area (Å²) in [5.41, 5.74) is 0. The van der Waals surface area contributed by atoms with Crippen molar-refractivity contribution in [1.29, 1.82) is 0 Å². The van der Waals surface area contributed by atoms with Crippen molar-refractivity contribution in [2.75, 3.05) is 26.9 Å². The van der Waals surface area contributed by atoms with Crippen molar-refractivity contribution in [3.63, 3.8) is 0 Å². The van der Waals surface area contributed by atoms with E-state index in [4.69, 9.17) is 9.47 Å². The summed E-state index contributed by atoms with van der Waals surface area (Å²) < 4.78 is 11.6. The van der Waals surface area contributed by atoms with Gasteiger partial charge in [-0.1, -0.05) is 27.7 Å². The number of hydrogen-bond donors (Lipinski definition) is 1. The van der Waals surface area contributed by atoms with Gasteiger partial charge in [0.05, 0.1) is 19.3 Å². The van der Waals surface area contributed by atoms with Crippen LogP contribution in [0.1, 0.15) is 47.0 Å². The minimum atomic E-state index is 0.355. The van der Waals surface area contributed by atoms with E-state index in [-0.39, 0.29) is 0 Å². The van der Waals surface area contributed by atoms with Crippen LogP contribution < -0.4 is 5.32 Å². The van der Waals surface area contributed by atoms with Gasteiger partial charge in [0.1, 0.15) is 0 Å². The molecule has 0 aromatic carbocycles. The zero-order valence-electron chi connectivity index (χ0n) is 13.4. The van der Waals surface area contributed by atoms with Gasteiger partial charge in [-0.2, -0.15) is 0 Å². The molecule has 0 aromatic heterocycles. The first kappa shape index (κ1) is 16.9. The van der Waals surface area contributed by atoms with Gasteiger partial charge in [-0.05, 0) is 44.1 Å². The summed E-state index contributed by atoms with van der Waals surface area (Å²) in [6.45, 7) is 11.3. The molecule has 0 radical (unpaired) electrons. The summed E-state index contributed by atoms with van der Waals surface area (Å²) in [7, 11) is 2.05. The molecule has 0 aliphatic heterocycles. The van der Waals surface area contributed by atoms with Crippen LogP contribution in [0.3, 0.4) is 0 Å². The first-order valence-corrected chi connectivity index (χ1v) is 7.91. The zero-order valence-corrected chi connectivity index (χ0v) is 13.4. The van der Waals surface area contributed by atoms with Crippen LogP contribution >= 0.6 is 0 Å². The van der Waals surface area contributed by atoms with Crippen molar-refractivity contribution in [1.82, 2.24) is 5.32 Å². The van der Waals surface area contributed by atoms with Crippen LogP contribution in [0.5, 0.6) is 0 Å². The van der Waals surface area contributed by atoms with E-state index in [1.54, 1.807) is 0 Å². The molecule has 1 saturated carbocycles. The van der Waals surface area contributed by atoms with E-state index in [1.807, 2.05) is 7.05 Å². The van der Waals surface area contributed by atoms with Gasteiger partial charge in [-0.25, -0.2) is 0 Å². The summed E-state index contributed by atoms with van der Waals surface area (Å²) >= 11 is 0. The van der Waals surface area contributed by atoms with Gasteiger partial charge in [0.2, 0.25) is 0 Å². The largest absolute Gasteiger partial charge is 0.379 e. The maximum absolute atomic E-state index is 6.06. The lowest BCUT2D eigenvalue weighted by Gasteiger charge is -2.37. The lowest BCUT2D eigenvalue weighted by atomic mass is 9.78. The molecule has 3 heteroatoms. The normalized spacial score (nSPS) is 28.3. The molecule has 3 atom stereocenters. The van der Waals surface area contributed by atoms with Crippen molar-refractivity contribution in [2.24, 2.45) is 17.8 Å². The van der Waals surface area contributed by atoms with E-state index in [0.29, 0.717) is 18.1 Å². The van der Waals surface area contributed by atoms with Gasteiger partial charge in [0, 0.05) is 12.6 Å². The summed E-state index contributed by atoms with van der Waals surface area (Å²) in [4.78, 5) is 0. The highest BCUT2D eigenvalue weighted by Gasteiger charge is 2.31. The maximum Gasteiger partial charge on any atom is 0.0731 e. The van der Waals surface area contributed by atoms with Gasteiger partial charge in [0.25, 0.3) is 0 Å². The molecule has 1 rings (SSSR count). The van der Waals surface area contributed by atoms with E-state index in [9.17, 15) is 0 Å². The summed E-state index contributed by atoms with van der Waals surface area (Å²) in [6.07, 6.45) is 4.10. The second-order valence-electron chi connectivity index (χ2n) is 6.59. The standard InChI is InChI=1S/C16H33NO2/c1-12(2)11-18-8-9-19-16-10-14(13(3)4)6-7-15(16)17-5/h12-17H,6-11H2,1-5H3. The third-order valence-corrected chi connectivity index (χ3v) is 4.16. The fraction of sp³-hybridized carbons (Fsp3) is 1.00. The minimum Gasteiger partial charge on any atom is -0.379 e. The molecular formula is C16H33NO2. The van der Waals surface area contributed by atoms with Crippen LogP contribution in [0, 0.1) is 17.8 Å². The third kappa shape index (κ3) is 6.24. The van der Waals surface area contributed by atoms with Gasteiger partial charge in [-0.15, -0.1) is 0 Å². The Balaban J connectivity index is 2.27. The second kappa shape index (κ2) is 8.93. The average molecular weight is 271 g/mol. The SMILES string of the molecule is CNC1CCC(C(C)C)CC1OCCOCC(C)C. The second-order valence-corrected chi connectivity index (χ2v) is 6.59. The Labute approximate surface area is 119 Å². The highest BCUT2D eigenvalue weighted by Crippen LogP contribution is 2.31. The quantitative estimate of drug-likeness (QED) is 0.688. The van der Waals surface area contributed by atoms with Gasteiger partial charge >= 0.3 is 0 Å². The zero-order chi connectivity index (χ0) is 14.3. The van der Waals surface area contributed by atoms with Crippen LogP contribution in [0.2, 0.25) is 0 Å². The Morgan fingerprint density at radius 3 is 2.42 bits per heavy atom. The van der Waals surface area contributed by atoms with Gasteiger partial charge in [-0.3, -0.25) is 0 Å². The fourth-order valence-electron chi connectivity index (χ4n) is 2.86. The molecule has 114 valence electrons. The summed E-state index contributed by atoms with van der Waals surface area (Å²) in [5.74, 6) is 2.18. The molecular weight excluding hydrogens is 238 g/mol. The Bertz CT molecular complexity index is 231. The molecule has 0 saturated heterocycles. The first-order valence-electron chi connectivity index (χ1n) is 7.91. The molecule has 3 nitrogen and oxygen atoms in total. The smallest absolute Gasteiger partial charge is 0.0731 e. The molecule has 0 amide bonds. The Morgan fingerprint density at radius 1 is 1.11 bits per heavy atom. The maximum atomic E-state index is 6.06. The fourth-order valence-corrected chi connectivity index (χ4v) is 2.86. The van der Waals surface area contributed by atoms with Gasteiger partial charge < -0.3 is 14.8 Å². The molecule has 19 heavy (non-hydrogen) atoms. The van der Waals surface area contributed by atoms with E-state index in [1.165, 1.54) is 19.3 Å². The van der Waals surface area contributed by atoms with E-state index >= 15 is 0 Å². The highest BCUT2D eigenvalue weighted by molar-refractivity contribution is 4.86. The lowest BCUT2D eigenvalue weighted by Crippen LogP contribution is -2.45. The number of rotatable bonds is 8. The van der Waals surface area contributed by atoms with Crippen molar-refractivity contribution < 1.29 is 9.47 Å². The number of likely N-dealkylation sites (N-methyl/N-ethyl adjacent to an activating group) is 1. The summed E-state index contributed by atoms with van der Waals surface area (Å²) in [5, 5.41) is 3.41. The summed E-state index contributed by atoms with van der Waals surface area (Å²) in [6, 6.07) is 0.514. The lowest BCUT2D eigenvalue weighted by molar-refractivity contribution is -0.0418. The monoisotopic (exact) mass is 271 g/mol. The Hall–Kier alpha value is -0.120. The first-order chi connectivity index (χ1) is 9.04. The van der Waals surface area contributed by atoms with Crippen LogP contribution in [0.4, 0.5) is 0 Å². The average Bonchev–Trinajstić information content (AvgIpc) is 2.37. The molecule has 0 spiro atoms. The molecule has 1 aliphatic carbocycles. The van der Waals surface area contributed by atoms with Crippen LogP contribution in [0.25, 0.3) is 0 Å². The molecule has 0 aromatic rings. The Kier molecular flexibility index (Phi) is 7.96. The van der Waals surface area contributed by atoms with E-state index in [2.05, 4.69) is 33.0 Å². The molecule has 1 fully saturated rings. The van der Waals surface area contributed by atoms with E-state index < -0.39 is 0 Å². The van der Waals surface area contributed by atoms with Crippen molar-refractivity contribution in [2.45, 2.75) is 59.1 Å². The van der Waals surface area contributed by atoms with E-state index in [0.717, 1.165) is 31.7 Å². The molecule has 3 unspecified atom stereocenters. The molecule has 1 aliphatic rings. The number of nitrogens with one attached hydrogen (secondary N) is 1. The predicted molar refractivity (Wildman–Crippen MR) is 80.4 cm³/mol. The number of ether oxygens (including phenoxy) is 2. The van der Waals surface area contributed by atoms with Crippen LogP contribution in [0.15, 0.2) is 0 Å². The molecule has 1 N–H and O–H groups in total. The third-order valence-electron chi connectivity index (χ3n) is 4.16.